The van der Waals surface area contributed by atoms with Crippen LogP contribution < -0.4 is 0 Å². The summed E-state index contributed by atoms with van der Waals surface area (Å²) in [4.78, 5) is 16.5. The van der Waals surface area contributed by atoms with E-state index in [4.69, 9.17) is 4.74 Å². The lowest BCUT2D eigenvalue weighted by Gasteiger charge is -2.31. The number of nitrogens with zero attached hydrogens (tertiary/aromatic N) is 3. The second-order valence-corrected chi connectivity index (χ2v) is 6.39. The fourth-order valence-electron chi connectivity index (χ4n) is 3.57. The first kappa shape index (κ1) is 14.3. The van der Waals surface area contributed by atoms with E-state index in [2.05, 4.69) is 27.2 Å². The summed E-state index contributed by atoms with van der Waals surface area (Å²) in [6.07, 6.45) is 2.52. The molecule has 1 amide bonds. The lowest BCUT2D eigenvalue weighted by atomic mass is 9.98. The van der Waals surface area contributed by atoms with Crippen molar-refractivity contribution in [2.24, 2.45) is 0 Å². The number of H-pyrrole nitrogens is 1. The Hall–Kier alpha value is -2.34. The number of aromatic amines is 1. The Morgan fingerprint density at radius 1 is 1.22 bits per heavy atom. The number of likely N-dealkylation sites (tertiary alicyclic amines) is 1. The topological polar surface area (TPSA) is 61.5 Å². The van der Waals surface area contributed by atoms with Gasteiger partial charge in [0.2, 0.25) is 0 Å². The Labute approximate surface area is 135 Å². The Balaban J connectivity index is 1.49. The van der Waals surface area contributed by atoms with Crippen molar-refractivity contribution in [1.82, 2.24) is 20.0 Å². The molecule has 3 heterocycles. The zero-order valence-electron chi connectivity index (χ0n) is 12.9. The highest BCUT2D eigenvalue weighted by molar-refractivity contribution is 5.71. The van der Waals surface area contributed by atoms with Crippen molar-refractivity contribution in [2.75, 3.05) is 19.7 Å². The summed E-state index contributed by atoms with van der Waals surface area (Å²) >= 11 is 0. The molecule has 0 aliphatic carbocycles. The molecule has 0 radical (unpaired) electrons. The fraction of sp³-hybridized carbons (Fsp3) is 0.412. The van der Waals surface area contributed by atoms with Gasteiger partial charge in [-0.15, -0.1) is 0 Å². The van der Waals surface area contributed by atoms with Gasteiger partial charge in [0.25, 0.3) is 0 Å². The number of nitrogens with one attached hydrogen (secondary N) is 1. The van der Waals surface area contributed by atoms with Crippen LogP contribution in [-0.4, -0.2) is 51.3 Å². The van der Waals surface area contributed by atoms with Gasteiger partial charge in [-0.05, 0) is 18.1 Å². The monoisotopic (exact) mass is 312 g/mol. The van der Waals surface area contributed by atoms with Crippen LogP contribution >= 0.6 is 0 Å². The highest BCUT2D eigenvalue weighted by Gasteiger charge is 2.51. The molecule has 6 nitrogen and oxygen atoms in total. The number of carbonyl (C=O) groups excluding carboxylic acids is 1. The molecule has 0 bridgehead atoms. The average molecular weight is 312 g/mol. The number of rotatable bonds is 4. The number of cyclic esters (lactones) is 1. The van der Waals surface area contributed by atoms with Crippen LogP contribution in [0.4, 0.5) is 4.79 Å². The first-order chi connectivity index (χ1) is 11.3. The minimum atomic E-state index is -0.201. The third-order valence-corrected chi connectivity index (χ3v) is 4.80. The molecule has 2 aliphatic rings. The van der Waals surface area contributed by atoms with Crippen molar-refractivity contribution >= 4 is 6.09 Å². The van der Waals surface area contributed by atoms with Gasteiger partial charge in [-0.3, -0.25) is 14.9 Å². The van der Waals surface area contributed by atoms with Gasteiger partial charge in [0, 0.05) is 38.1 Å². The molecule has 23 heavy (non-hydrogen) atoms. The van der Waals surface area contributed by atoms with Gasteiger partial charge in [0.05, 0.1) is 5.54 Å². The summed E-state index contributed by atoms with van der Waals surface area (Å²) in [7, 11) is 0. The Morgan fingerprint density at radius 3 is 2.87 bits per heavy atom. The molecular formula is C17H20N4O2. The van der Waals surface area contributed by atoms with Crippen LogP contribution in [-0.2, 0) is 17.8 Å². The summed E-state index contributed by atoms with van der Waals surface area (Å²) in [5.74, 6) is 0. The fourth-order valence-corrected chi connectivity index (χ4v) is 3.57. The number of amides is 1. The maximum absolute atomic E-state index is 12.2. The predicted molar refractivity (Wildman–Crippen MR) is 84.5 cm³/mol. The van der Waals surface area contributed by atoms with Crippen LogP contribution in [0.25, 0.3) is 0 Å². The first-order valence-electron chi connectivity index (χ1n) is 7.94. The van der Waals surface area contributed by atoms with Gasteiger partial charge < -0.3 is 4.74 Å². The van der Waals surface area contributed by atoms with E-state index in [0.717, 1.165) is 37.3 Å². The van der Waals surface area contributed by atoms with Crippen LogP contribution in [0.3, 0.4) is 0 Å². The third-order valence-electron chi connectivity index (χ3n) is 4.80. The van der Waals surface area contributed by atoms with Gasteiger partial charge in [0.15, 0.2) is 0 Å². The molecule has 2 aliphatic heterocycles. The molecule has 6 heteroatoms. The van der Waals surface area contributed by atoms with Crippen LogP contribution in [0.1, 0.15) is 17.7 Å². The van der Waals surface area contributed by atoms with Crippen LogP contribution in [0, 0.1) is 0 Å². The molecule has 2 fully saturated rings. The zero-order chi connectivity index (χ0) is 15.7. The van der Waals surface area contributed by atoms with Gasteiger partial charge in [-0.25, -0.2) is 4.79 Å². The lowest BCUT2D eigenvalue weighted by molar-refractivity contribution is 0.145. The highest BCUT2D eigenvalue weighted by atomic mass is 16.6. The molecular weight excluding hydrogens is 292 g/mol. The standard InChI is InChI=1S/C17H20N4O2/c22-16-21(10-14-4-2-1-3-5-14)17(13-23-16)7-9-20(12-17)11-15-6-8-18-19-15/h1-6,8H,7,9-13H2,(H,18,19). The van der Waals surface area contributed by atoms with Gasteiger partial charge in [-0.2, -0.15) is 5.10 Å². The van der Waals surface area contributed by atoms with E-state index in [1.54, 1.807) is 6.20 Å². The van der Waals surface area contributed by atoms with Crippen molar-refractivity contribution in [1.29, 1.82) is 0 Å². The summed E-state index contributed by atoms with van der Waals surface area (Å²) in [5.41, 5.74) is 2.03. The predicted octanol–water partition coefficient (Wildman–Crippen LogP) is 2.01. The zero-order valence-corrected chi connectivity index (χ0v) is 12.9. The molecule has 4 rings (SSSR count). The molecule has 1 spiro atoms. The van der Waals surface area contributed by atoms with Crippen LogP contribution in [0.5, 0.6) is 0 Å². The number of hydrogen-bond donors (Lipinski definition) is 1. The van der Waals surface area contributed by atoms with E-state index in [0.29, 0.717) is 13.2 Å². The number of ether oxygens (including phenoxy) is 1. The first-order valence-corrected chi connectivity index (χ1v) is 7.94. The minimum Gasteiger partial charge on any atom is -0.447 e. The van der Waals surface area contributed by atoms with Crippen molar-refractivity contribution in [3.8, 4) is 0 Å². The average Bonchev–Trinajstić information content (AvgIpc) is 3.28. The normalized spacial score (nSPS) is 24.5. The van der Waals surface area contributed by atoms with E-state index in [1.807, 2.05) is 29.2 Å². The molecule has 1 unspecified atom stereocenters. The van der Waals surface area contributed by atoms with Crippen LogP contribution in [0.2, 0.25) is 0 Å². The molecule has 2 aromatic rings. The van der Waals surface area contributed by atoms with E-state index >= 15 is 0 Å². The van der Waals surface area contributed by atoms with Crippen molar-refractivity contribution < 1.29 is 9.53 Å². The SMILES string of the molecule is O=C1OCC2(CCN(Cc3ccn[nH]3)C2)N1Cc1ccccc1. The molecule has 0 saturated carbocycles. The van der Waals surface area contributed by atoms with Gasteiger partial charge in [0.1, 0.15) is 6.61 Å². The third kappa shape index (κ3) is 2.70. The number of hydrogen-bond acceptors (Lipinski definition) is 4. The van der Waals surface area contributed by atoms with E-state index in [-0.39, 0.29) is 11.6 Å². The van der Waals surface area contributed by atoms with E-state index in [1.165, 1.54) is 0 Å². The molecule has 2 saturated heterocycles. The maximum Gasteiger partial charge on any atom is 0.410 e. The minimum absolute atomic E-state index is 0.197. The molecule has 120 valence electrons. The Morgan fingerprint density at radius 2 is 2.09 bits per heavy atom. The van der Waals surface area contributed by atoms with E-state index in [9.17, 15) is 4.79 Å². The smallest absolute Gasteiger partial charge is 0.410 e. The highest BCUT2D eigenvalue weighted by Crippen LogP contribution is 2.35. The molecule has 1 aromatic carbocycles. The Bertz CT molecular complexity index is 673. The number of aromatic nitrogens is 2. The second kappa shape index (κ2) is 5.70. The maximum atomic E-state index is 12.2. The van der Waals surface area contributed by atoms with Gasteiger partial charge >= 0.3 is 6.09 Å². The molecule has 1 atom stereocenters. The lowest BCUT2D eigenvalue weighted by Crippen LogP contribution is -2.48. The summed E-state index contributed by atoms with van der Waals surface area (Å²) in [5, 5.41) is 6.99. The largest absolute Gasteiger partial charge is 0.447 e. The Kier molecular flexibility index (Phi) is 3.53. The second-order valence-electron chi connectivity index (χ2n) is 6.39. The van der Waals surface area contributed by atoms with Crippen molar-refractivity contribution in [2.45, 2.75) is 25.0 Å². The van der Waals surface area contributed by atoms with Crippen LogP contribution in [0.15, 0.2) is 42.6 Å². The molecule has 1 aromatic heterocycles. The summed E-state index contributed by atoms with van der Waals surface area (Å²) < 4.78 is 5.40. The van der Waals surface area contributed by atoms with Gasteiger partial charge in [-0.1, -0.05) is 30.3 Å². The summed E-state index contributed by atoms with van der Waals surface area (Å²) in [6.45, 7) is 3.72. The van der Waals surface area contributed by atoms with Crippen molar-refractivity contribution in [3.63, 3.8) is 0 Å². The number of carbonyl (C=O) groups is 1. The summed E-state index contributed by atoms with van der Waals surface area (Å²) in [6, 6.07) is 12.1. The number of benzene rings is 1. The van der Waals surface area contributed by atoms with Crippen molar-refractivity contribution in [3.05, 3.63) is 53.9 Å². The molecule has 1 N–H and O–H groups in total. The van der Waals surface area contributed by atoms with E-state index < -0.39 is 0 Å². The quantitative estimate of drug-likeness (QED) is 0.938.